The van der Waals surface area contributed by atoms with Crippen molar-refractivity contribution in [3.8, 4) is 12.3 Å². The summed E-state index contributed by atoms with van der Waals surface area (Å²) in [7, 11) is 0. The van der Waals surface area contributed by atoms with Crippen LogP contribution >= 0.6 is 0 Å². The van der Waals surface area contributed by atoms with E-state index < -0.39 is 0 Å². The maximum absolute atomic E-state index is 11.7. The Hall–Kier alpha value is -1.01. The Morgan fingerprint density at radius 1 is 1.71 bits per heavy atom. The van der Waals surface area contributed by atoms with Crippen LogP contribution < -0.4 is 11.1 Å². The molecular formula is C11H18N2O. The van der Waals surface area contributed by atoms with Crippen molar-refractivity contribution in [1.29, 1.82) is 0 Å². The molecule has 3 atom stereocenters. The molecule has 0 radical (unpaired) electrons. The number of hydrogen-bond donors (Lipinski definition) is 2. The van der Waals surface area contributed by atoms with Crippen LogP contribution in [-0.2, 0) is 4.79 Å². The van der Waals surface area contributed by atoms with Crippen LogP contribution in [0.1, 0.15) is 26.2 Å². The molecule has 0 spiro atoms. The zero-order valence-corrected chi connectivity index (χ0v) is 8.62. The van der Waals surface area contributed by atoms with Gasteiger partial charge in [0.05, 0.1) is 6.04 Å². The average Bonchev–Trinajstić information content (AvgIpc) is 2.65. The summed E-state index contributed by atoms with van der Waals surface area (Å²) in [4.78, 5) is 11.7. The van der Waals surface area contributed by atoms with E-state index in [1.807, 2.05) is 6.92 Å². The highest BCUT2D eigenvalue weighted by Crippen LogP contribution is 2.30. The molecule has 3 heteroatoms. The highest BCUT2D eigenvalue weighted by atomic mass is 16.1. The highest BCUT2D eigenvalue weighted by molar-refractivity contribution is 5.79. The van der Waals surface area contributed by atoms with Gasteiger partial charge in [-0.25, -0.2) is 0 Å². The van der Waals surface area contributed by atoms with Crippen LogP contribution in [0.3, 0.4) is 0 Å². The van der Waals surface area contributed by atoms with E-state index in [0.29, 0.717) is 12.5 Å². The first-order valence-electron chi connectivity index (χ1n) is 5.15. The Morgan fingerprint density at radius 2 is 2.43 bits per heavy atom. The predicted octanol–water partition coefficient (Wildman–Crippen LogP) is 0.499. The molecule has 0 aromatic rings. The molecule has 0 aromatic heterocycles. The normalized spacial score (nSPS) is 28.1. The molecule has 0 aliphatic heterocycles. The van der Waals surface area contributed by atoms with Gasteiger partial charge in [-0.15, -0.1) is 6.42 Å². The topological polar surface area (TPSA) is 55.1 Å². The van der Waals surface area contributed by atoms with Crippen LogP contribution in [0.5, 0.6) is 0 Å². The second-order valence-electron chi connectivity index (χ2n) is 3.93. The molecule has 3 nitrogen and oxygen atoms in total. The molecule has 1 saturated carbocycles. The molecular weight excluding hydrogens is 176 g/mol. The van der Waals surface area contributed by atoms with Crippen molar-refractivity contribution >= 4 is 5.91 Å². The number of rotatable bonds is 3. The molecule has 1 aliphatic carbocycles. The summed E-state index contributed by atoms with van der Waals surface area (Å²) in [5.41, 5.74) is 5.60. The van der Waals surface area contributed by atoms with E-state index in [0.717, 1.165) is 19.3 Å². The van der Waals surface area contributed by atoms with Crippen molar-refractivity contribution in [1.82, 2.24) is 5.32 Å². The largest absolute Gasteiger partial charge is 0.343 e. The summed E-state index contributed by atoms with van der Waals surface area (Å²) in [6.07, 6.45) is 8.32. The fraction of sp³-hybridized carbons (Fsp3) is 0.727. The van der Waals surface area contributed by atoms with Crippen molar-refractivity contribution in [2.45, 2.75) is 32.2 Å². The zero-order valence-electron chi connectivity index (χ0n) is 8.62. The lowest BCUT2D eigenvalue weighted by atomic mass is 9.95. The number of nitrogens with one attached hydrogen (secondary N) is 1. The smallest absolute Gasteiger partial charge is 0.224 e. The number of carbonyl (C=O) groups is 1. The summed E-state index contributed by atoms with van der Waals surface area (Å²) >= 11 is 0. The maximum atomic E-state index is 11.7. The second kappa shape index (κ2) is 5.02. The molecule has 1 amide bonds. The van der Waals surface area contributed by atoms with Gasteiger partial charge < -0.3 is 11.1 Å². The maximum Gasteiger partial charge on any atom is 0.224 e. The zero-order chi connectivity index (χ0) is 10.6. The molecule has 1 rings (SSSR count). The molecule has 0 heterocycles. The van der Waals surface area contributed by atoms with Gasteiger partial charge in [0.15, 0.2) is 0 Å². The van der Waals surface area contributed by atoms with E-state index in [-0.39, 0.29) is 17.9 Å². The van der Waals surface area contributed by atoms with Crippen LogP contribution in [0.4, 0.5) is 0 Å². The summed E-state index contributed by atoms with van der Waals surface area (Å²) in [6.45, 7) is 2.41. The minimum absolute atomic E-state index is 0.0726. The Morgan fingerprint density at radius 3 is 3.00 bits per heavy atom. The van der Waals surface area contributed by atoms with Gasteiger partial charge in [-0.05, 0) is 32.2 Å². The van der Waals surface area contributed by atoms with E-state index in [1.54, 1.807) is 0 Å². The van der Waals surface area contributed by atoms with Crippen LogP contribution in [0.15, 0.2) is 0 Å². The van der Waals surface area contributed by atoms with Crippen molar-refractivity contribution in [2.75, 3.05) is 6.54 Å². The summed E-state index contributed by atoms with van der Waals surface area (Å²) in [5, 5.41) is 2.81. The Labute approximate surface area is 85.4 Å². The van der Waals surface area contributed by atoms with Crippen molar-refractivity contribution in [3.63, 3.8) is 0 Å². The van der Waals surface area contributed by atoms with Gasteiger partial charge in [0.1, 0.15) is 0 Å². The Kier molecular flexibility index (Phi) is 3.97. The summed E-state index contributed by atoms with van der Waals surface area (Å²) < 4.78 is 0. The monoisotopic (exact) mass is 194 g/mol. The highest BCUT2D eigenvalue weighted by Gasteiger charge is 2.32. The van der Waals surface area contributed by atoms with Crippen molar-refractivity contribution < 1.29 is 4.79 Å². The molecule has 0 bridgehead atoms. The van der Waals surface area contributed by atoms with Gasteiger partial charge in [0.2, 0.25) is 5.91 Å². The lowest BCUT2D eigenvalue weighted by Crippen LogP contribution is -2.39. The van der Waals surface area contributed by atoms with Crippen molar-refractivity contribution in [3.05, 3.63) is 0 Å². The van der Waals surface area contributed by atoms with E-state index in [2.05, 4.69) is 11.2 Å². The first-order valence-corrected chi connectivity index (χ1v) is 5.15. The first kappa shape index (κ1) is 11.1. The molecule has 14 heavy (non-hydrogen) atoms. The quantitative estimate of drug-likeness (QED) is 0.643. The lowest BCUT2D eigenvalue weighted by Gasteiger charge is -2.18. The molecule has 3 unspecified atom stereocenters. The fourth-order valence-corrected chi connectivity index (χ4v) is 2.03. The minimum Gasteiger partial charge on any atom is -0.343 e. The van der Waals surface area contributed by atoms with Crippen LogP contribution in [-0.4, -0.2) is 18.5 Å². The summed E-state index contributed by atoms with van der Waals surface area (Å²) in [5.74, 6) is 2.99. The third kappa shape index (κ3) is 2.49. The number of carbonyl (C=O) groups excluding carboxylic acids is 1. The number of terminal acetylenes is 1. The SMILES string of the molecule is C#CC(C)NC(=O)C1CCCC1CN. The van der Waals surface area contributed by atoms with E-state index in [1.165, 1.54) is 0 Å². The summed E-state index contributed by atoms with van der Waals surface area (Å²) in [6, 6.07) is -0.179. The molecule has 78 valence electrons. The van der Waals surface area contributed by atoms with E-state index in [9.17, 15) is 4.79 Å². The van der Waals surface area contributed by atoms with Crippen LogP contribution in [0, 0.1) is 24.2 Å². The molecule has 0 saturated heterocycles. The lowest BCUT2D eigenvalue weighted by molar-refractivity contribution is -0.126. The van der Waals surface area contributed by atoms with Gasteiger partial charge in [-0.1, -0.05) is 12.3 Å². The number of nitrogens with two attached hydrogens (primary N) is 1. The molecule has 1 fully saturated rings. The van der Waals surface area contributed by atoms with Crippen molar-refractivity contribution in [2.24, 2.45) is 17.6 Å². The van der Waals surface area contributed by atoms with E-state index in [4.69, 9.17) is 12.2 Å². The van der Waals surface area contributed by atoms with Crippen LogP contribution in [0.2, 0.25) is 0 Å². The number of hydrogen-bond acceptors (Lipinski definition) is 2. The second-order valence-corrected chi connectivity index (χ2v) is 3.93. The minimum atomic E-state index is -0.179. The fourth-order valence-electron chi connectivity index (χ4n) is 2.03. The molecule has 1 aliphatic rings. The van der Waals surface area contributed by atoms with Gasteiger partial charge in [-0.3, -0.25) is 4.79 Å². The first-order chi connectivity index (χ1) is 6.69. The Bertz CT molecular complexity index is 244. The Balaban J connectivity index is 2.48. The van der Waals surface area contributed by atoms with Crippen LogP contribution in [0.25, 0.3) is 0 Å². The molecule has 0 aromatic carbocycles. The van der Waals surface area contributed by atoms with E-state index >= 15 is 0 Å². The third-order valence-corrected chi connectivity index (χ3v) is 2.91. The van der Waals surface area contributed by atoms with Gasteiger partial charge in [-0.2, -0.15) is 0 Å². The average molecular weight is 194 g/mol. The third-order valence-electron chi connectivity index (χ3n) is 2.91. The standard InChI is InChI=1S/C11H18N2O/c1-3-8(2)13-11(14)10-6-4-5-9(10)7-12/h1,8-10H,4-7,12H2,2H3,(H,13,14). The molecule has 3 N–H and O–H groups in total. The van der Waals surface area contributed by atoms with Gasteiger partial charge in [0, 0.05) is 5.92 Å². The van der Waals surface area contributed by atoms with Gasteiger partial charge in [0.25, 0.3) is 0 Å². The predicted molar refractivity (Wildman–Crippen MR) is 56.3 cm³/mol. The van der Waals surface area contributed by atoms with Gasteiger partial charge >= 0.3 is 0 Å². The number of amides is 1.